The molecule has 1 amide bonds. The first-order valence-electron chi connectivity index (χ1n) is 6.98. The van der Waals surface area contributed by atoms with E-state index < -0.39 is 0 Å². The molecule has 1 aromatic heterocycles. The molecule has 3 rings (SSSR count). The highest BCUT2D eigenvalue weighted by Crippen LogP contribution is 2.30. The summed E-state index contributed by atoms with van der Waals surface area (Å²) in [6.45, 7) is 0.635. The molecule has 1 unspecified atom stereocenters. The van der Waals surface area contributed by atoms with Crippen molar-refractivity contribution in [3.05, 3.63) is 53.9 Å². The fraction of sp³-hybridized carbons (Fsp3) is 0.250. The number of nitrogens with two attached hydrogens (primary N) is 1. The van der Waals surface area contributed by atoms with Crippen molar-refractivity contribution in [1.82, 2.24) is 4.98 Å². The first kappa shape index (κ1) is 13.6. The summed E-state index contributed by atoms with van der Waals surface area (Å²) in [7, 11) is 0. The Kier molecular flexibility index (Phi) is 3.83. The summed E-state index contributed by atoms with van der Waals surface area (Å²) in [5.74, 6) is 0.535. The van der Waals surface area contributed by atoms with Gasteiger partial charge >= 0.3 is 0 Å². The zero-order valence-corrected chi connectivity index (χ0v) is 11.6. The van der Waals surface area contributed by atoms with Crippen LogP contribution >= 0.6 is 0 Å². The lowest BCUT2D eigenvalue weighted by molar-refractivity contribution is 0.102. The van der Waals surface area contributed by atoms with E-state index in [2.05, 4.69) is 10.3 Å². The highest BCUT2D eigenvalue weighted by atomic mass is 16.5. The van der Waals surface area contributed by atoms with Crippen molar-refractivity contribution in [2.24, 2.45) is 5.73 Å². The van der Waals surface area contributed by atoms with E-state index in [-0.39, 0.29) is 11.9 Å². The Bertz CT molecular complexity index is 643. The zero-order chi connectivity index (χ0) is 14.7. The number of rotatable bonds is 2. The van der Waals surface area contributed by atoms with Crippen LogP contribution in [0.4, 0.5) is 5.69 Å². The van der Waals surface area contributed by atoms with E-state index in [0.29, 0.717) is 23.6 Å². The number of nitrogens with one attached hydrogen (secondary N) is 1. The average Bonchev–Trinajstić information content (AvgIpc) is 2.70. The minimum Gasteiger partial charge on any atom is -0.493 e. The van der Waals surface area contributed by atoms with Crippen LogP contribution in [0, 0.1) is 0 Å². The number of hydrogen-bond acceptors (Lipinski definition) is 4. The molecule has 0 radical (unpaired) electrons. The number of benzene rings is 1. The van der Waals surface area contributed by atoms with Gasteiger partial charge in [0.15, 0.2) is 0 Å². The van der Waals surface area contributed by atoms with E-state index in [9.17, 15) is 4.79 Å². The standard InChI is InChI=1S/C16H17N3O2/c17-14-2-1-9-21-15-10-11(3-4-13(14)15)16(20)19-12-5-7-18-8-6-12/h3-8,10,14H,1-2,9,17H2,(H,18,19,20). The third kappa shape index (κ3) is 3.03. The fourth-order valence-electron chi connectivity index (χ4n) is 2.39. The molecule has 3 N–H and O–H groups in total. The predicted octanol–water partition coefficient (Wildman–Crippen LogP) is 2.51. The Labute approximate surface area is 123 Å². The van der Waals surface area contributed by atoms with E-state index in [1.807, 2.05) is 6.07 Å². The van der Waals surface area contributed by atoms with Gasteiger partial charge < -0.3 is 15.8 Å². The number of anilines is 1. The summed E-state index contributed by atoms with van der Waals surface area (Å²) in [6, 6.07) is 8.88. The summed E-state index contributed by atoms with van der Waals surface area (Å²) in [5, 5.41) is 2.83. The normalized spacial score (nSPS) is 17.3. The van der Waals surface area contributed by atoms with Gasteiger partial charge in [0.05, 0.1) is 6.61 Å². The monoisotopic (exact) mass is 283 g/mol. The van der Waals surface area contributed by atoms with Crippen molar-refractivity contribution in [2.45, 2.75) is 18.9 Å². The van der Waals surface area contributed by atoms with Crippen LogP contribution in [0.5, 0.6) is 5.75 Å². The average molecular weight is 283 g/mol. The van der Waals surface area contributed by atoms with Gasteiger partial charge in [0.1, 0.15) is 5.75 Å². The molecule has 0 spiro atoms. The van der Waals surface area contributed by atoms with Gasteiger partial charge in [0.25, 0.3) is 5.91 Å². The molecule has 0 fully saturated rings. The van der Waals surface area contributed by atoms with Crippen molar-refractivity contribution in [1.29, 1.82) is 0 Å². The van der Waals surface area contributed by atoms with Gasteiger partial charge in [-0.15, -0.1) is 0 Å². The van der Waals surface area contributed by atoms with Gasteiger partial charge in [-0.1, -0.05) is 6.07 Å². The maximum absolute atomic E-state index is 12.2. The molecule has 0 aliphatic carbocycles. The van der Waals surface area contributed by atoms with Crippen LogP contribution in [0.3, 0.4) is 0 Å². The molecule has 21 heavy (non-hydrogen) atoms. The minimum atomic E-state index is -0.176. The first-order chi connectivity index (χ1) is 10.2. The molecule has 1 aliphatic rings. The Morgan fingerprint density at radius 2 is 2.10 bits per heavy atom. The zero-order valence-electron chi connectivity index (χ0n) is 11.6. The second-order valence-electron chi connectivity index (χ2n) is 5.04. The number of aromatic nitrogens is 1. The van der Waals surface area contributed by atoms with Gasteiger partial charge in [-0.25, -0.2) is 0 Å². The number of fused-ring (bicyclic) bond motifs is 1. The largest absolute Gasteiger partial charge is 0.493 e. The lowest BCUT2D eigenvalue weighted by Crippen LogP contribution is -2.13. The Balaban J connectivity index is 1.83. The van der Waals surface area contributed by atoms with Crippen LogP contribution in [0.25, 0.3) is 0 Å². The Morgan fingerprint density at radius 1 is 1.29 bits per heavy atom. The summed E-state index contributed by atoms with van der Waals surface area (Å²) >= 11 is 0. The summed E-state index contributed by atoms with van der Waals surface area (Å²) < 4.78 is 5.69. The van der Waals surface area contributed by atoms with E-state index in [4.69, 9.17) is 10.5 Å². The van der Waals surface area contributed by atoms with Crippen molar-refractivity contribution >= 4 is 11.6 Å². The molecule has 0 saturated carbocycles. The molecule has 5 heteroatoms. The van der Waals surface area contributed by atoms with E-state index in [1.165, 1.54) is 0 Å². The molecule has 5 nitrogen and oxygen atoms in total. The van der Waals surface area contributed by atoms with Crippen LogP contribution in [-0.4, -0.2) is 17.5 Å². The van der Waals surface area contributed by atoms with Crippen molar-refractivity contribution in [3.8, 4) is 5.75 Å². The number of nitrogens with zero attached hydrogens (tertiary/aromatic N) is 1. The van der Waals surface area contributed by atoms with Gasteiger partial charge in [0.2, 0.25) is 0 Å². The number of carbonyl (C=O) groups is 1. The first-order valence-corrected chi connectivity index (χ1v) is 6.98. The molecule has 1 atom stereocenters. The number of amides is 1. The van der Waals surface area contributed by atoms with Crippen molar-refractivity contribution in [3.63, 3.8) is 0 Å². The number of pyridine rings is 1. The molecule has 108 valence electrons. The number of carbonyl (C=O) groups excluding carboxylic acids is 1. The quantitative estimate of drug-likeness (QED) is 0.887. The molecule has 1 aromatic carbocycles. The van der Waals surface area contributed by atoms with Gasteiger partial charge in [-0.3, -0.25) is 9.78 Å². The van der Waals surface area contributed by atoms with Gasteiger partial charge in [-0.05, 0) is 37.1 Å². The molecular weight excluding hydrogens is 266 g/mol. The number of ether oxygens (including phenoxy) is 1. The lowest BCUT2D eigenvalue weighted by Gasteiger charge is -2.13. The Morgan fingerprint density at radius 3 is 2.90 bits per heavy atom. The molecular formula is C16H17N3O2. The van der Waals surface area contributed by atoms with E-state index in [0.717, 1.165) is 18.4 Å². The van der Waals surface area contributed by atoms with Crippen LogP contribution < -0.4 is 15.8 Å². The molecule has 0 bridgehead atoms. The van der Waals surface area contributed by atoms with Crippen LogP contribution in [0.15, 0.2) is 42.7 Å². The van der Waals surface area contributed by atoms with Crippen LogP contribution in [0.1, 0.15) is 34.8 Å². The molecule has 1 aliphatic heterocycles. The summed E-state index contributed by atoms with van der Waals surface area (Å²) in [5.41, 5.74) is 8.34. The van der Waals surface area contributed by atoms with Crippen LogP contribution in [-0.2, 0) is 0 Å². The third-order valence-corrected chi connectivity index (χ3v) is 3.53. The maximum Gasteiger partial charge on any atom is 0.255 e. The summed E-state index contributed by atoms with van der Waals surface area (Å²) in [4.78, 5) is 16.2. The SMILES string of the molecule is NC1CCCOc2cc(C(=O)Nc3ccncc3)ccc21. The molecule has 2 aromatic rings. The van der Waals surface area contributed by atoms with Crippen LogP contribution in [0.2, 0.25) is 0 Å². The lowest BCUT2D eigenvalue weighted by atomic mass is 10.0. The third-order valence-electron chi connectivity index (χ3n) is 3.53. The molecule has 0 saturated heterocycles. The highest BCUT2D eigenvalue weighted by Gasteiger charge is 2.18. The molecule has 2 heterocycles. The van der Waals surface area contributed by atoms with E-state index in [1.54, 1.807) is 36.7 Å². The predicted molar refractivity (Wildman–Crippen MR) is 80.3 cm³/mol. The van der Waals surface area contributed by atoms with E-state index >= 15 is 0 Å². The topological polar surface area (TPSA) is 77.2 Å². The number of hydrogen-bond donors (Lipinski definition) is 2. The smallest absolute Gasteiger partial charge is 0.255 e. The summed E-state index contributed by atoms with van der Waals surface area (Å²) in [6.07, 6.45) is 5.09. The fourth-order valence-corrected chi connectivity index (χ4v) is 2.39. The van der Waals surface area contributed by atoms with Gasteiger partial charge in [0, 0.05) is 35.2 Å². The van der Waals surface area contributed by atoms with Crippen molar-refractivity contribution < 1.29 is 9.53 Å². The van der Waals surface area contributed by atoms with Crippen molar-refractivity contribution in [2.75, 3.05) is 11.9 Å². The Hall–Kier alpha value is -2.40. The minimum absolute atomic E-state index is 0.0280. The second-order valence-corrected chi connectivity index (χ2v) is 5.04. The highest BCUT2D eigenvalue weighted by molar-refractivity contribution is 6.04. The van der Waals surface area contributed by atoms with Gasteiger partial charge in [-0.2, -0.15) is 0 Å². The maximum atomic E-state index is 12.2. The second kappa shape index (κ2) is 5.93.